The molecule has 0 heterocycles. The number of sulfone groups is 1. The summed E-state index contributed by atoms with van der Waals surface area (Å²) in [5, 5.41) is 0. The van der Waals surface area contributed by atoms with E-state index in [9.17, 15) is 17.2 Å². The van der Waals surface area contributed by atoms with Crippen molar-refractivity contribution in [1.82, 2.24) is 0 Å². The van der Waals surface area contributed by atoms with Crippen molar-refractivity contribution in [3.63, 3.8) is 0 Å². The molecule has 100 valence electrons. The van der Waals surface area contributed by atoms with E-state index < -0.39 is 27.2 Å². The second kappa shape index (κ2) is 4.97. The molecule has 0 saturated carbocycles. The zero-order chi connectivity index (χ0) is 14.0. The van der Waals surface area contributed by atoms with E-state index in [0.717, 1.165) is 12.1 Å². The van der Waals surface area contributed by atoms with E-state index in [4.69, 9.17) is 5.73 Å². The average Bonchev–Trinajstić information content (AvgIpc) is 2.34. The second-order valence-electron chi connectivity index (χ2n) is 4.05. The zero-order valence-corrected chi connectivity index (χ0v) is 10.6. The van der Waals surface area contributed by atoms with Gasteiger partial charge in [0.15, 0.2) is 21.5 Å². The highest BCUT2D eigenvalue weighted by atomic mass is 32.2. The quantitative estimate of drug-likeness (QED) is 0.880. The Labute approximate surface area is 109 Å². The maximum atomic E-state index is 13.0. The molecular formula is C13H11F2NO2S. The minimum atomic E-state index is -3.69. The maximum Gasteiger partial charge on any atom is 0.184 e. The minimum absolute atomic E-state index is 0.0141. The first kappa shape index (κ1) is 13.5. The Hall–Kier alpha value is -1.95. The van der Waals surface area contributed by atoms with Gasteiger partial charge in [-0.2, -0.15) is 0 Å². The number of nitrogen functional groups attached to an aromatic ring is 1. The highest BCUT2D eigenvalue weighted by Crippen LogP contribution is 2.22. The summed E-state index contributed by atoms with van der Waals surface area (Å²) in [5.41, 5.74) is 5.90. The molecule has 0 fully saturated rings. The predicted octanol–water partition coefficient (Wildman–Crippen LogP) is 2.52. The molecule has 0 spiro atoms. The van der Waals surface area contributed by atoms with Crippen molar-refractivity contribution in [2.24, 2.45) is 0 Å². The molecule has 0 amide bonds. The van der Waals surface area contributed by atoms with Crippen LogP contribution in [0.1, 0.15) is 5.56 Å². The largest absolute Gasteiger partial charge is 0.398 e. The fraction of sp³-hybridized carbons (Fsp3) is 0.0769. The van der Waals surface area contributed by atoms with E-state index in [-0.39, 0.29) is 16.1 Å². The summed E-state index contributed by atoms with van der Waals surface area (Å²) >= 11 is 0. The molecule has 0 aliphatic heterocycles. The molecule has 0 aromatic heterocycles. The van der Waals surface area contributed by atoms with Crippen LogP contribution < -0.4 is 5.73 Å². The van der Waals surface area contributed by atoms with Crippen LogP contribution in [0, 0.1) is 11.6 Å². The van der Waals surface area contributed by atoms with Gasteiger partial charge in [-0.15, -0.1) is 0 Å². The Bertz CT molecular complexity index is 714. The van der Waals surface area contributed by atoms with E-state index in [1.807, 2.05) is 0 Å². The van der Waals surface area contributed by atoms with Crippen LogP contribution in [0.2, 0.25) is 0 Å². The molecule has 3 nitrogen and oxygen atoms in total. The van der Waals surface area contributed by atoms with Crippen LogP contribution in [0.25, 0.3) is 0 Å². The number of rotatable bonds is 3. The smallest absolute Gasteiger partial charge is 0.184 e. The highest BCUT2D eigenvalue weighted by molar-refractivity contribution is 7.90. The lowest BCUT2D eigenvalue weighted by atomic mass is 10.2. The fourth-order valence-corrected chi connectivity index (χ4v) is 3.18. The summed E-state index contributed by atoms with van der Waals surface area (Å²) in [6.07, 6.45) is 0. The Kier molecular flexibility index (Phi) is 3.53. The third kappa shape index (κ3) is 2.90. The summed E-state index contributed by atoms with van der Waals surface area (Å²) in [6.45, 7) is 0. The lowest BCUT2D eigenvalue weighted by Gasteiger charge is -2.07. The molecule has 0 saturated heterocycles. The fourth-order valence-electron chi connectivity index (χ4n) is 1.69. The van der Waals surface area contributed by atoms with E-state index in [2.05, 4.69) is 0 Å². The van der Waals surface area contributed by atoms with Crippen LogP contribution >= 0.6 is 0 Å². The van der Waals surface area contributed by atoms with E-state index in [1.165, 1.54) is 18.2 Å². The number of hydrogen-bond acceptors (Lipinski definition) is 3. The summed E-state index contributed by atoms with van der Waals surface area (Å²) in [7, 11) is -3.69. The topological polar surface area (TPSA) is 60.2 Å². The van der Waals surface area contributed by atoms with Crippen molar-refractivity contribution in [1.29, 1.82) is 0 Å². The Morgan fingerprint density at radius 1 is 1.00 bits per heavy atom. The van der Waals surface area contributed by atoms with Gasteiger partial charge in [0.25, 0.3) is 0 Å². The molecule has 0 bridgehead atoms. The van der Waals surface area contributed by atoms with Gasteiger partial charge in [-0.1, -0.05) is 18.2 Å². The van der Waals surface area contributed by atoms with Gasteiger partial charge in [0.05, 0.1) is 16.3 Å². The number of benzene rings is 2. The van der Waals surface area contributed by atoms with Crippen LogP contribution in [0.5, 0.6) is 0 Å². The molecule has 2 aromatic rings. The van der Waals surface area contributed by atoms with Crippen molar-refractivity contribution >= 4 is 15.5 Å². The molecule has 19 heavy (non-hydrogen) atoms. The van der Waals surface area contributed by atoms with E-state index in [0.29, 0.717) is 0 Å². The van der Waals surface area contributed by atoms with Gasteiger partial charge in [-0.25, -0.2) is 17.2 Å². The Balaban J connectivity index is 2.37. The Morgan fingerprint density at radius 3 is 2.32 bits per heavy atom. The van der Waals surface area contributed by atoms with Crippen molar-refractivity contribution in [2.75, 3.05) is 5.73 Å². The third-order valence-corrected chi connectivity index (χ3v) is 4.35. The number of para-hydroxylation sites is 1. The number of nitrogens with two attached hydrogens (primary N) is 1. The first-order valence-corrected chi connectivity index (χ1v) is 7.06. The van der Waals surface area contributed by atoms with Gasteiger partial charge in [0.1, 0.15) is 0 Å². The Morgan fingerprint density at radius 2 is 1.68 bits per heavy atom. The van der Waals surface area contributed by atoms with Gasteiger partial charge in [-0.05, 0) is 29.8 Å². The molecule has 0 radical (unpaired) electrons. The van der Waals surface area contributed by atoms with E-state index >= 15 is 0 Å². The van der Waals surface area contributed by atoms with Crippen molar-refractivity contribution < 1.29 is 17.2 Å². The average molecular weight is 283 g/mol. The minimum Gasteiger partial charge on any atom is -0.398 e. The molecule has 0 unspecified atom stereocenters. The molecule has 0 atom stereocenters. The van der Waals surface area contributed by atoms with Gasteiger partial charge in [-0.3, -0.25) is 0 Å². The predicted molar refractivity (Wildman–Crippen MR) is 68.1 cm³/mol. The normalized spacial score (nSPS) is 11.5. The molecular weight excluding hydrogens is 272 g/mol. The van der Waals surface area contributed by atoms with Crippen LogP contribution in [0.15, 0.2) is 47.4 Å². The van der Waals surface area contributed by atoms with Gasteiger partial charge < -0.3 is 5.73 Å². The molecule has 2 N–H and O–H groups in total. The summed E-state index contributed by atoms with van der Waals surface area (Å²) in [5.74, 6) is -2.52. The number of anilines is 1. The standard InChI is InChI=1S/C13H11F2NO2S/c14-10-6-5-9(7-11(10)15)8-19(17,18)13-4-2-1-3-12(13)16/h1-7H,8,16H2. The monoisotopic (exact) mass is 283 g/mol. The van der Waals surface area contributed by atoms with Gasteiger partial charge in [0, 0.05) is 0 Å². The van der Waals surface area contributed by atoms with Gasteiger partial charge >= 0.3 is 0 Å². The lowest BCUT2D eigenvalue weighted by Crippen LogP contribution is -2.08. The summed E-state index contributed by atoms with van der Waals surface area (Å²) < 4.78 is 50.1. The third-order valence-electron chi connectivity index (χ3n) is 2.59. The van der Waals surface area contributed by atoms with Crippen LogP contribution in [-0.2, 0) is 15.6 Å². The van der Waals surface area contributed by atoms with Crippen LogP contribution in [-0.4, -0.2) is 8.42 Å². The molecule has 0 aliphatic rings. The molecule has 2 rings (SSSR count). The van der Waals surface area contributed by atoms with Crippen LogP contribution in [0.3, 0.4) is 0 Å². The molecule has 0 aliphatic carbocycles. The first-order valence-electron chi connectivity index (χ1n) is 5.41. The zero-order valence-electron chi connectivity index (χ0n) is 9.81. The summed E-state index contributed by atoms with van der Waals surface area (Å²) in [6, 6.07) is 9.01. The maximum absolute atomic E-state index is 13.0. The molecule has 2 aromatic carbocycles. The highest BCUT2D eigenvalue weighted by Gasteiger charge is 2.18. The van der Waals surface area contributed by atoms with Crippen molar-refractivity contribution in [3.05, 3.63) is 59.7 Å². The van der Waals surface area contributed by atoms with Crippen molar-refractivity contribution in [3.8, 4) is 0 Å². The summed E-state index contributed by atoms with van der Waals surface area (Å²) in [4.78, 5) is -0.0141. The second-order valence-corrected chi connectivity index (χ2v) is 6.00. The van der Waals surface area contributed by atoms with Gasteiger partial charge in [0.2, 0.25) is 0 Å². The first-order chi connectivity index (χ1) is 8.90. The number of hydrogen-bond donors (Lipinski definition) is 1. The SMILES string of the molecule is Nc1ccccc1S(=O)(=O)Cc1ccc(F)c(F)c1. The van der Waals surface area contributed by atoms with Crippen molar-refractivity contribution in [2.45, 2.75) is 10.6 Å². The van der Waals surface area contributed by atoms with Crippen LogP contribution in [0.4, 0.5) is 14.5 Å². The number of halogens is 2. The van der Waals surface area contributed by atoms with E-state index in [1.54, 1.807) is 12.1 Å². The molecule has 6 heteroatoms. The lowest BCUT2D eigenvalue weighted by molar-refractivity contribution is 0.507.